The van der Waals surface area contributed by atoms with Crippen LogP contribution in [0.3, 0.4) is 0 Å². The molecule has 158 valence electrons. The van der Waals surface area contributed by atoms with Crippen LogP contribution in [0.15, 0.2) is 91.0 Å². The van der Waals surface area contributed by atoms with Gasteiger partial charge in [0.25, 0.3) is 0 Å². The van der Waals surface area contributed by atoms with Gasteiger partial charge in [0.2, 0.25) is 0 Å². The van der Waals surface area contributed by atoms with Gasteiger partial charge >= 0.3 is 0 Å². The van der Waals surface area contributed by atoms with E-state index in [-0.39, 0.29) is 5.41 Å². The van der Waals surface area contributed by atoms with Crippen molar-refractivity contribution in [2.24, 2.45) is 0 Å². The van der Waals surface area contributed by atoms with E-state index in [2.05, 4.69) is 71.6 Å². The second kappa shape index (κ2) is 7.69. The van der Waals surface area contributed by atoms with E-state index in [0.717, 1.165) is 17.1 Å². The summed E-state index contributed by atoms with van der Waals surface area (Å²) < 4.78 is 0. The lowest BCUT2D eigenvalue weighted by molar-refractivity contribution is 0.550. The Kier molecular flexibility index (Phi) is 4.78. The Morgan fingerprint density at radius 2 is 1.34 bits per heavy atom. The van der Waals surface area contributed by atoms with Gasteiger partial charge in [-0.25, -0.2) is 0 Å². The molecule has 0 heterocycles. The molecule has 0 aliphatic heterocycles. The fourth-order valence-corrected chi connectivity index (χ4v) is 6.16. The SMILES string of the molecule is Clc1cccc(N(c2ccccc2)c2ccc3c(c2)-c2ccccc2C32CCCC2)c1Cl. The maximum Gasteiger partial charge on any atom is 0.0832 e. The zero-order valence-corrected chi connectivity index (χ0v) is 19.2. The van der Waals surface area contributed by atoms with Gasteiger partial charge in [-0.1, -0.05) is 90.6 Å². The number of nitrogens with zero attached hydrogens (tertiary/aromatic N) is 1. The van der Waals surface area contributed by atoms with Crippen LogP contribution in [-0.4, -0.2) is 0 Å². The molecule has 4 aromatic carbocycles. The summed E-state index contributed by atoms with van der Waals surface area (Å²) in [6.07, 6.45) is 5.06. The quantitative estimate of drug-likeness (QED) is 0.297. The predicted molar refractivity (Wildman–Crippen MR) is 136 cm³/mol. The summed E-state index contributed by atoms with van der Waals surface area (Å²) in [5, 5.41) is 1.12. The zero-order valence-electron chi connectivity index (χ0n) is 17.7. The third-order valence-corrected chi connectivity index (χ3v) is 7.96. The molecule has 0 N–H and O–H groups in total. The molecule has 0 amide bonds. The average Bonchev–Trinajstić information content (AvgIpc) is 3.43. The molecule has 1 fully saturated rings. The van der Waals surface area contributed by atoms with Gasteiger partial charge in [0, 0.05) is 16.8 Å². The third-order valence-electron chi connectivity index (χ3n) is 7.15. The van der Waals surface area contributed by atoms with Gasteiger partial charge in [0.15, 0.2) is 0 Å². The van der Waals surface area contributed by atoms with E-state index < -0.39 is 0 Å². The molecule has 0 radical (unpaired) electrons. The topological polar surface area (TPSA) is 3.24 Å². The van der Waals surface area contributed by atoms with E-state index in [4.69, 9.17) is 23.2 Å². The molecule has 4 aromatic rings. The monoisotopic (exact) mass is 455 g/mol. The second-order valence-electron chi connectivity index (χ2n) is 8.81. The highest BCUT2D eigenvalue weighted by atomic mass is 35.5. The maximum absolute atomic E-state index is 6.71. The first-order valence-corrected chi connectivity index (χ1v) is 12.0. The Bertz CT molecular complexity index is 1310. The lowest BCUT2D eigenvalue weighted by Crippen LogP contribution is -2.20. The van der Waals surface area contributed by atoms with Crippen LogP contribution >= 0.6 is 23.2 Å². The van der Waals surface area contributed by atoms with Gasteiger partial charge in [0.05, 0.1) is 15.7 Å². The molecule has 6 rings (SSSR count). The summed E-state index contributed by atoms with van der Waals surface area (Å²) in [7, 11) is 0. The van der Waals surface area contributed by atoms with Crippen LogP contribution < -0.4 is 4.90 Å². The van der Waals surface area contributed by atoms with Gasteiger partial charge in [-0.15, -0.1) is 0 Å². The van der Waals surface area contributed by atoms with Crippen LogP contribution in [0.25, 0.3) is 11.1 Å². The first-order valence-electron chi connectivity index (χ1n) is 11.2. The second-order valence-corrected chi connectivity index (χ2v) is 9.59. The minimum absolute atomic E-state index is 0.176. The van der Waals surface area contributed by atoms with Gasteiger partial charge in [-0.05, 0) is 71.5 Å². The van der Waals surface area contributed by atoms with Crippen LogP contribution in [0.2, 0.25) is 10.0 Å². The van der Waals surface area contributed by atoms with Crippen molar-refractivity contribution in [1.82, 2.24) is 0 Å². The van der Waals surface area contributed by atoms with Gasteiger partial charge in [-0.2, -0.15) is 0 Å². The summed E-state index contributed by atoms with van der Waals surface area (Å²) in [5.41, 5.74) is 8.89. The standard InChI is InChI=1S/C29H23Cl2N/c30-26-13-8-14-27(28(26)31)32(20-9-2-1-3-10-20)21-15-16-25-23(19-21)22-11-4-5-12-24(22)29(25)17-6-7-18-29/h1-5,8-16,19H,6-7,17-18H2. The van der Waals surface area contributed by atoms with Gasteiger partial charge in [-0.3, -0.25) is 0 Å². The molecule has 0 bridgehead atoms. The summed E-state index contributed by atoms with van der Waals surface area (Å²) in [5.74, 6) is 0. The highest BCUT2D eigenvalue weighted by Crippen LogP contribution is 2.57. The number of rotatable bonds is 3. The van der Waals surface area contributed by atoms with Crippen LogP contribution in [0.5, 0.6) is 0 Å². The van der Waals surface area contributed by atoms with Gasteiger partial charge < -0.3 is 4.90 Å². The average molecular weight is 456 g/mol. The Labute approximate surface area is 199 Å². The Balaban J connectivity index is 1.58. The largest absolute Gasteiger partial charge is 0.309 e. The van der Waals surface area contributed by atoms with Crippen molar-refractivity contribution >= 4 is 40.3 Å². The van der Waals surface area contributed by atoms with Crippen molar-refractivity contribution in [3.05, 3.63) is 112 Å². The number of para-hydroxylation sites is 1. The maximum atomic E-state index is 6.71. The van der Waals surface area contributed by atoms with E-state index in [0.29, 0.717) is 10.0 Å². The molecule has 1 saturated carbocycles. The molecule has 2 aliphatic carbocycles. The number of anilines is 3. The molecule has 0 aromatic heterocycles. The number of hydrogen-bond donors (Lipinski definition) is 0. The summed E-state index contributed by atoms with van der Waals surface area (Å²) >= 11 is 13.1. The summed E-state index contributed by atoms with van der Waals surface area (Å²) in [6, 6.07) is 32.1. The van der Waals surface area contributed by atoms with Crippen molar-refractivity contribution in [2.75, 3.05) is 4.90 Å². The van der Waals surface area contributed by atoms with E-state index in [9.17, 15) is 0 Å². The Morgan fingerprint density at radius 1 is 0.625 bits per heavy atom. The molecule has 0 saturated heterocycles. The molecule has 2 aliphatic rings. The highest BCUT2D eigenvalue weighted by molar-refractivity contribution is 6.43. The highest BCUT2D eigenvalue weighted by Gasteiger charge is 2.44. The van der Waals surface area contributed by atoms with Gasteiger partial charge in [0.1, 0.15) is 0 Å². The summed E-state index contributed by atoms with van der Waals surface area (Å²) in [4.78, 5) is 2.21. The minimum atomic E-state index is 0.176. The molecular weight excluding hydrogens is 433 g/mol. The predicted octanol–water partition coefficient (Wildman–Crippen LogP) is 9.30. The van der Waals surface area contributed by atoms with E-state index in [1.54, 1.807) is 0 Å². The zero-order chi connectivity index (χ0) is 21.7. The Hall–Kier alpha value is -2.74. The Morgan fingerprint density at radius 3 is 2.16 bits per heavy atom. The number of fused-ring (bicyclic) bond motifs is 5. The van der Waals surface area contributed by atoms with E-state index in [1.165, 1.54) is 47.9 Å². The first kappa shape index (κ1) is 19.9. The molecule has 3 heteroatoms. The van der Waals surface area contributed by atoms with Crippen LogP contribution in [0, 0.1) is 0 Å². The number of hydrogen-bond acceptors (Lipinski definition) is 1. The van der Waals surface area contributed by atoms with Crippen LogP contribution in [-0.2, 0) is 5.41 Å². The fraction of sp³-hybridized carbons (Fsp3) is 0.172. The lowest BCUT2D eigenvalue weighted by Gasteiger charge is -2.29. The molecule has 1 nitrogen and oxygen atoms in total. The fourth-order valence-electron chi connectivity index (χ4n) is 5.78. The van der Waals surface area contributed by atoms with E-state index in [1.807, 2.05) is 24.3 Å². The molecule has 0 atom stereocenters. The van der Waals surface area contributed by atoms with Crippen molar-refractivity contribution in [2.45, 2.75) is 31.1 Å². The molecular formula is C29H23Cl2N. The molecule has 1 spiro atoms. The lowest BCUT2D eigenvalue weighted by atomic mass is 9.77. The molecule has 0 unspecified atom stereocenters. The normalized spacial score (nSPS) is 15.6. The first-order chi connectivity index (χ1) is 15.7. The van der Waals surface area contributed by atoms with Crippen molar-refractivity contribution in [3.63, 3.8) is 0 Å². The van der Waals surface area contributed by atoms with Crippen LogP contribution in [0.4, 0.5) is 17.1 Å². The number of halogens is 2. The minimum Gasteiger partial charge on any atom is -0.309 e. The van der Waals surface area contributed by atoms with Crippen LogP contribution in [0.1, 0.15) is 36.8 Å². The summed E-state index contributed by atoms with van der Waals surface area (Å²) in [6.45, 7) is 0. The third kappa shape index (κ3) is 2.92. The smallest absolute Gasteiger partial charge is 0.0832 e. The van der Waals surface area contributed by atoms with Crippen molar-refractivity contribution in [1.29, 1.82) is 0 Å². The number of benzene rings is 4. The van der Waals surface area contributed by atoms with Crippen molar-refractivity contribution < 1.29 is 0 Å². The van der Waals surface area contributed by atoms with Crippen molar-refractivity contribution in [3.8, 4) is 11.1 Å². The van der Waals surface area contributed by atoms with E-state index >= 15 is 0 Å². The molecule has 32 heavy (non-hydrogen) atoms.